The number of nitrogens with zero attached hydrogens (tertiary/aromatic N) is 2. The van der Waals surface area contributed by atoms with Gasteiger partial charge in [-0.05, 0) is 36.4 Å². The maximum atomic E-state index is 13.0. The van der Waals surface area contributed by atoms with Crippen molar-refractivity contribution >= 4 is 11.6 Å². The highest BCUT2D eigenvalue weighted by molar-refractivity contribution is 6.03. The molecule has 0 radical (unpaired) electrons. The van der Waals surface area contributed by atoms with Crippen LogP contribution >= 0.6 is 0 Å². The number of nitrogens with one attached hydrogen (secondary N) is 1. The summed E-state index contributed by atoms with van der Waals surface area (Å²) in [7, 11) is 0. The first-order valence-electron chi connectivity index (χ1n) is 6.39. The highest BCUT2D eigenvalue weighted by Gasteiger charge is 2.13. The topological polar surface area (TPSA) is 46.9 Å². The van der Waals surface area contributed by atoms with Gasteiger partial charge in [0.05, 0.1) is 12.5 Å². The summed E-state index contributed by atoms with van der Waals surface area (Å²) in [5.41, 5.74) is 1.76. The van der Waals surface area contributed by atoms with Crippen molar-refractivity contribution in [1.29, 1.82) is 0 Å². The number of carbonyl (C=O) groups excluding carboxylic acids is 1. The van der Waals surface area contributed by atoms with Gasteiger partial charge >= 0.3 is 0 Å². The number of para-hydroxylation sites is 1. The zero-order valence-corrected chi connectivity index (χ0v) is 11.0. The molecule has 0 saturated heterocycles. The summed E-state index contributed by atoms with van der Waals surface area (Å²) in [4.78, 5) is 16.3. The van der Waals surface area contributed by atoms with Crippen LogP contribution in [0.3, 0.4) is 0 Å². The Kier molecular flexibility index (Phi) is 3.47. The molecule has 0 fully saturated rings. The van der Waals surface area contributed by atoms with Gasteiger partial charge in [-0.2, -0.15) is 0 Å². The van der Waals surface area contributed by atoms with Gasteiger partial charge in [-0.3, -0.25) is 9.36 Å². The van der Waals surface area contributed by atoms with Gasteiger partial charge in [0, 0.05) is 11.4 Å². The van der Waals surface area contributed by atoms with Gasteiger partial charge in [0.1, 0.15) is 11.5 Å². The summed E-state index contributed by atoms with van der Waals surface area (Å²) in [6, 6.07) is 15.0. The Labute approximate surface area is 120 Å². The molecule has 0 aliphatic heterocycles. The molecule has 4 nitrogen and oxygen atoms in total. The van der Waals surface area contributed by atoms with E-state index in [0.29, 0.717) is 17.1 Å². The lowest BCUT2D eigenvalue weighted by Gasteiger charge is -2.08. The smallest absolute Gasteiger partial charge is 0.274 e. The van der Waals surface area contributed by atoms with Gasteiger partial charge in [0.25, 0.3) is 5.91 Å². The second kappa shape index (κ2) is 5.58. The molecule has 3 aromatic rings. The fourth-order valence-corrected chi connectivity index (χ4v) is 1.99. The standard InChI is InChI=1S/C16H12FN3O/c17-12-6-8-14(9-7-12)20-11-18-10-15(20)16(21)19-13-4-2-1-3-5-13/h1-11H,(H,19,21). The van der Waals surface area contributed by atoms with E-state index >= 15 is 0 Å². The lowest BCUT2D eigenvalue weighted by molar-refractivity contribution is 0.102. The van der Waals surface area contributed by atoms with Gasteiger partial charge in [0.15, 0.2) is 0 Å². The molecule has 1 aromatic heterocycles. The lowest BCUT2D eigenvalue weighted by Crippen LogP contribution is -2.15. The SMILES string of the molecule is O=C(Nc1ccccc1)c1cncn1-c1ccc(F)cc1. The molecule has 2 aromatic carbocycles. The Balaban J connectivity index is 1.88. The van der Waals surface area contributed by atoms with Crippen LogP contribution in [0, 0.1) is 5.82 Å². The number of rotatable bonds is 3. The van der Waals surface area contributed by atoms with Crippen LogP contribution in [0.4, 0.5) is 10.1 Å². The van der Waals surface area contributed by atoms with Gasteiger partial charge in [-0.15, -0.1) is 0 Å². The van der Waals surface area contributed by atoms with Crippen molar-refractivity contribution in [3.8, 4) is 5.69 Å². The molecular weight excluding hydrogens is 269 g/mol. The zero-order chi connectivity index (χ0) is 14.7. The molecular formula is C16H12FN3O. The number of hydrogen-bond acceptors (Lipinski definition) is 2. The van der Waals surface area contributed by atoms with Crippen molar-refractivity contribution in [1.82, 2.24) is 9.55 Å². The molecule has 0 aliphatic carbocycles. The summed E-state index contributed by atoms with van der Waals surface area (Å²) < 4.78 is 14.6. The van der Waals surface area contributed by atoms with Crippen LogP contribution in [0.5, 0.6) is 0 Å². The van der Waals surface area contributed by atoms with Crippen molar-refractivity contribution in [2.45, 2.75) is 0 Å². The summed E-state index contributed by atoms with van der Waals surface area (Å²) in [5.74, 6) is -0.600. The molecule has 1 N–H and O–H groups in total. The Morgan fingerprint density at radius 2 is 1.76 bits per heavy atom. The minimum absolute atomic E-state index is 0.275. The molecule has 0 unspecified atom stereocenters. The lowest BCUT2D eigenvalue weighted by atomic mass is 10.3. The van der Waals surface area contributed by atoms with Crippen LogP contribution in [0.15, 0.2) is 67.1 Å². The van der Waals surface area contributed by atoms with Crippen LogP contribution in [0.25, 0.3) is 5.69 Å². The molecule has 5 heteroatoms. The number of imidazole rings is 1. The van der Waals surface area contributed by atoms with Gasteiger partial charge in [-0.25, -0.2) is 9.37 Å². The number of benzene rings is 2. The second-order valence-electron chi connectivity index (χ2n) is 4.45. The van der Waals surface area contributed by atoms with Crippen LogP contribution in [-0.4, -0.2) is 15.5 Å². The van der Waals surface area contributed by atoms with Crippen LogP contribution in [0.2, 0.25) is 0 Å². The number of amides is 1. The van der Waals surface area contributed by atoms with E-state index in [4.69, 9.17) is 0 Å². The van der Waals surface area contributed by atoms with Crippen molar-refractivity contribution in [2.75, 3.05) is 5.32 Å². The Bertz CT molecular complexity index is 751. The molecule has 3 rings (SSSR count). The Morgan fingerprint density at radius 1 is 1.05 bits per heavy atom. The maximum absolute atomic E-state index is 13.0. The molecule has 21 heavy (non-hydrogen) atoms. The second-order valence-corrected chi connectivity index (χ2v) is 4.45. The first-order chi connectivity index (χ1) is 10.2. The van der Waals surface area contributed by atoms with E-state index in [0.717, 1.165) is 0 Å². The number of anilines is 1. The summed E-state index contributed by atoms with van der Waals surface area (Å²) in [6.45, 7) is 0. The van der Waals surface area contributed by atoms with Crippen LogP contribution in [-0.2, 0) is 0 Å². The highest BCUT2D eigenvalue weighted by Crippen LogP contribution is 2.14. The monoisotopic (exact) mass is 281 g/mol. The maximum Gasteiger partial charge on any atom is 0.274 e. The predicted octanol–water partition coefficient (Wildman–Crippen LogP) is 3.26. The summed E-state index contributed by atoms with van der Waals surface area (Å²) >= 11 is 0. The van der Waals surface area contributed by atoms with Gasteiger partial charge in [-0.1, -0.05) is 18.2 Å². The highest BCUT2D eigenvalue weighted by atomic mass is 19.1. The fourth-order valence-electron chi connectivity index (χ4n) is 1.99. The number of aromatic nitrogens is 2. The average molecular weight is 281 g/mol. The molecule has 1 heterocycles. The third-order valence-corrected chi connectivity index (χ3v) is 3.01. The van der Waals surface area contributed by atoms with Crippen molar-refractivity contribution in [3.63, 3.8) is 0 Å². The molecule has 0 aliphatic rings. The minimum Gasteiger partial charge on any atom is -0.321 e. The van der Waals surface area contributed by atoms with Gasteiger partial charge < -0.3 is 5.32 Å². The minimum atomic E-state index is -0.325. The van der Waals surface area contributed by atoms with Crippen molar-refractivity contribution in [3.05, 3.63) is 78.6 Å². The Hall–Kier alpha value is -2.95. The third-order valence-electron chi connectivity index (χ3n) is 3.01. The van der Waals surface area contributed by atoms with E-state index in [1.807, 2.05) is 18.2 Å². The molecule has 0 bridgehead atoms. The van der Waals surface area contributed by atoms with Crippen molar-refractivity contribution < 1.29 is 9.18 Å². The van der Waals surface area contributed by atoms with E-state index in [-0.39, 0.29) is 11.7 Å². The average Bonchev–Trinajstić information content (AvgIpc) is 2.98. The van der Waals surface area contributed by atoms with Crippen LogP contribution < -0.4 is 5.32 Å². The number of carbonyl (C=O) groups is 1. The normalized spacial score (nSPS) is 10.3. The molecule has 0 atom stereocenters. The quantitative estimate of drug-likeness (QED) is 0.801. The number of hydrogen-bond donors (Lipinski definition) is 1. The van der Waals surface area contributed by atoms with E-state index in [9.17, 15) is 9.18 Å². The predicted molar refractivity (Wildman–Crippen MR) is 77.9 cm³/mol. The van der Waals surface area contributed by atoms with Crippen LogP contribution in [0.1, 0.15) is 10.5 Å². The van der Waals surface area contributed by atoms with E-state index in [1.165, 1.54) is 24.7 Å². The van der Waals surface area contributed by atoms with E-state index in [1.54, 1.807) is 28.8 Å². The fraction of sp³-hybridized carbons (Fsp3) is 0. The van der Waals surface area contributed by atoms with Gasteiger partial charge in [0.2, 0.25) is 0 Å². The first kappa shape index (κ1) is 13.1. The molecule has 0 saturated carbocycles. The Morgan fingerprint density at radius 3 is 2.48 bits per heavy atom. The molecule has 104 valence electrons. The largest absolute Gasteiger partial charge is 0.321 e. The molecule has 1 amide bonds. The zero-order valence-electron chi connectivity index (χ0n) is 11.0. The first-order valence-corrected chi connectivity index (χ1v) is 6.39. The summed E-state index contributed by atoms with van der Waals surface area (Å²) in [6.07, 6.45) is 2.99. The number of halogens is 1. The third kappa shape index (κ3) is 2.81. The molecule has 0 spiro atoms. The van der Waals surface area contributed by atoms with Crippen molar-refractivity contribution in [2.24, 2.45) is 0 Å². The van der Waals surface area contributed by atoms with E-state index < -0.39 is 0 Å². The van der Waals surface area contributed by atoms with E-state index in [2.05, 4.69) is 10.3 Å². The summed E-state index contributed by atoms with van der Waals surface area (Å²) in [5, 5.41) is 2.79.